The number of hydrogen-bond acceptors (Lipinski definition) is 3. The number of rotatable bonds is 2. The van der Waals surface area contributed by atoms with Gasteiger partial charge in [0.15, 0.2) is 0 Å². The number of amides is 1. The van der Waals surface area contributed by atoms with Crippen molar-refractivity contribution in [3.63, 3.8) is 0 Å². The Labute approximate surface area is 112 Å². The Morgan fingerprint density at radius 2 is 2.22 bits per heavy atom. The molecule has 2 unspecified atom stereocenters. The highest BCUT2D eigenvalue weighted by atomic mass is 35.5. The smallest absolute Gasteiger partial charge is 0.274 e. The van der Waals surface area contributed by atoms with E-state index in [1.165, 1.54) is 0 Å². The quantitative estimate of drug-likeness (QED) is 0.896. The van der Waals surface area contributed by atoms with Gasteiger partial charge in [-0.15, -0.1) is 0 Å². The van der Waals surface area contributed by atoms with E-state index < -0.39 is 0 Å². The van der Waals surface area contributed by atoms with Gasteiger partial charge in [-0.3, -0.25) is 4.79 Å². The molecule has 1 aliphatic rings. The van der Waals surface area contributed by atoms with Crippen LogP contribution in [0.3, 0.4) is 0 Å². The van der Waals surface area contributed by atoms with E-state index in [0.29, 0.717) is 22.5 Å². The van der Waals surface area contributed by atoms with Gasteiger partial charge in [-0.05, 0) is 31.4 Å². The van der Waals surface area contributed by atoms with Crippen molar-refractivity contribution in [1.82, 2.24) is 9.88 Å². The van der Waals surface area contributed by atoms with E-state index in [1.807, 2.05) is 4.90 Å². The molecule has 98 valence electrons. The lowest BCUT2D eigenvalue weighted by Gasteiger charge is -2.21. The fourth-order valence-corrected chi connectivity index (χ4v) is 2.64. The number of anilines is 1. The highest BCUT2D eigenvalue weighted by Gasteiger charge is 2.32. The summed E-state index contributed by atoms with van der Waals surface area (Å²) in [5, 5.41) is 3.33. The largest absolute Gasteiger partial charge is 0.373 e. The van der Waals surface area contributed by atoms with Crippen molar-refractivity contribution < 1.29 is 4.79 Å². The van der Waals surface area contributed by atoms with Crippen LogP contribution >= 0.6 is 11.6 Å². The average Bonchev–Trinajstić information content (AvgIpc) is 2.68. The van der Waals surface area contributed by atoms with Gasteiger partial charge in [0, 0.05) is 19.6 Å². The Morgan fingerprint density at radius 3 is 2.78 bits per heavy atom. The second-order valence-electron chi connectivity index (χ2n) is 4.92. The highest BCUT2D eigenvalue weighted by molar-refractivity contribution is 6.33. The molecule has 0 saturated carbocycles. The predicted octanol–water partition coefficient (Wildman–Crippen LogP) is 2.65. The monoisotopic (exact) mass is 267 g/mol. The van der Waals surface area contributed by atoms with Gasteiger partial charge in [0.25, 0.3) is 5.91 Å². The van der Waals surface area contributed by atoms with Crippen molar-refractivity contribution in [3.05, 3.63) is 22.8 Å². The standard InChI is InChI=1S/C13H18ClN3O/c1-8-6-9(2)17(7-8)13(18)12-10(14)4-5-11(15-3)16-12/h4-5,8-9H,6-7H2,1-3H3,(H,15,16). The van der Waals surface area contributed by atoms with E-state index in [2.05, 4.69) is 24.1 Å². The molecule has 18 heavy (non-hydrogen) atoms. The van der Waals surface area contributed by atoms with Crippen LogP contribution in [-0.4, -0.2) is 35.4 Å². The topological polar surface area (TPSA) is 45.2 Å². The van der Waals surface area contributed by atoms with Crippen LogP contribution in [0.25, 0.3) is 0 Å². The first kappa shape index (κ1) is 13.1. The third-order valence-corrected chi connectivity index (χ3v) is 3.65. The number of likely N-dealkylation sites (tertiary alicyclic amines) is 1. The molecule has 0 aliphatic carbocycles. The molecular formula is C13H18ClN3O. The van der Waals surface area contributed by atoms with E-state index in [9.17, 15) is 4.79 Å². The number of halogens is 1. The molecule has 0 spiro atoms. The molecule has 0 radical (unpaired) electrons. The van der Waals surface area contributed by atoms with Crippen molar-refractivity contribution in [2.75, 3.05) is 18.9 Å². The molecule has 5 heteroatoms. The summed E-state index contributed by atoms with van der Waals surface area (Å²) >= 11 is 6.07. The Hall–Kier alpha value is -1.29. The first-order valence-electron chi connectivity index (χ1n) is 6.18. The number of carbonyl (C=O) groups is 1. The zero-order valence-electron chi connectivity index (χ0n) is 10.9. The van der Waals surface area contributed by atoms with E-state index in [0.717, 1.165) is 13.0 Å². The molecule has 1 aliphatic heterocycles. The van der Waals surface area contributed by atoms with E-state index in [1.54, 1.807) is 19.2 Å². The fraction of sp³-hybridized carbons (Fsp3) is 0.538. The van der Waals surface area contributed by atoms with Crippen molar-refractivity contribution in [1.29, 1.82) is 0 Å². The van der Waals surface area contributed by atoms with Crippen LogP contribution in [0.1, 0.15) is 30.8 Å². The lowest BCUT2D eigenvalue weighted by Crippen LogP contribution is -2.34. The van der Waals surface area contributed by atoms with Crippen molar-refractivity contribution in [3.8, 4) is 0 Å². The molecule has 0 bridgehead atoms. The van der Waals surface area contributed by atoms with Gasteiger partial charge >= 0.3 is 0 Å². The Bertz CT molecular complexity index is 464. The van der Waals surface area contributed by atoms with Crippen molar-refractivity contribution in [2.45, 2.75) is 26.3 Å². The first-order valence-corrected chi connectivity index (χ1v) is 6.56. The third-order valence-electron chi connectivity index (χ3n) is 3.35. The van der Waals surface area contributed by atoms with Gasteiger partial charge in [0.2, 0.25) is 0 Å². The fourth-order valence-electron chi connectivity index (χ4n) is 2.45. The maximum absolute atomic E-state index is 12.4. The second-order valence-corrected chi connectivity index (χ2v) is 5.33. The summed E-state index contributed by atoms with van der Waals surface area (Å²) in [6, 6.07) is 3.72. The summed E-state index contributed by atoms with van der Waals surface area (Å²) in [5.41, 5.74) is 0.337. The van der Waals surface area contributed by atoms with Gasteiger partial charge in [0.1, 0.15) is 11.5 Å². The highest BCUT2D eigenvalue weighted by Crippen LogP contribution is 2.26. The van der Waals surface area contributed by atoms with E-state index in [-0.39, 0.29) is 11.9 Å². The van der Waals surface area contributed by atoms with E-state index >= 15 is 0 Å². The van der Waals surface area contributed by atoms with Crippen LogP contribution < -0.4 is 5.32 Å². The van der Waals surface area contributed by atoms with Crippen LogP contribution in [-0.2, 0) is 0 Å². The molecule has 2 heterocycles. The molecular weight excluding hydrogens is 250 g/mol. The molecule has 2 rings (SSSR count). The predicted molar refractivity (Wildman–Crippen MR) is 73.1 cm³/mol. The number of carbonyl (C=O) groups excluding carboxylic acids is 1. The maximum Gasteiger partial charge on any atom is 0.274 e. The zero-order valence-corrected chi connectivity index (χ0v) is 11.7. The molecule has 1 saturated heterocycles. The zero-order chi connectivity index (χ0) is 13.3. The minimum Gasteiger partial charge on any atom is -0.373 e. The van der Waals surface area contributed by atoms with Gasteiger partial charge < -0.3 is 10.2 Å². The van der Waals surface area contributed by atoms with Crippen LogP contribution in [0.4, 0.5) is 5.82 Å². The number of aromatic nitrogens is 1. The molecule has 2 atom stereocenters. The molecule has 1 aromatic heterocycles. The number of hydrogen-bond donors (Lipinski definition) is 1. The maximum atomic E-state index is 12.4. The average molecular weight is 268 g/mol. The summed E-state index contributed by atoms with van der Waals surface area (Å²) in [6.45, 7) is 5.00. The number of nitrogens with one attached hydrogen (secondary N) is 1. The minimum atomic E-state index is -0.0750. The lowest BCUT2D eigenvalue weighted by atomic mass is 10.1. The lowest BCUT2D eigenvalue weighted by molar-refractivity contribution is 0.0738. The van der Waals surface area contributed by atoms with Crippen molar-refractivity contribution in [2.24, 2.45) is 5.92 Å². The van der Waals surface area contributed by atoms with Gasteiger partial charge in [-0.1, -0.05) is 18.5 Å². The summed E-state index contributed by atoms with van der Waals surface area (Å²) in [7, 11) is 1.77. The molecule has 1 N–H and O–H groups in total. The van der Waals surface area contributed by atoms with Gasteiger partial charge in [-0.2, -0.15) is 0 Å². The van der Waals surface area contributed by atoms with Crippen LogP contribution in [0.15, 0.2) is 12.1 Å². The summed E-state index contributed by atoms with van der Waals surface area (Å²) in [5.74, 6) is 1.12. The molecule has 1 amide bonds. The molecule has 4 nitrogen and oxygen atoms in total. The first-order chi connectivity index (χ1) is 8.52. The Morgan fingerprint density at radius 1 is 1.50 bits per heavy atom. The number of pyridine rings is 1. The minimum absolute atomic E-state index is 0.0750. The molecule has 1 fully saturated rings. The molecule has 1 aromatic rings. The summed E-state index contributed by atoms with van der Waals surface area (Å²) in [4.78, 5) is 18.6. The Balaban J connectivity index is 2.28. The van der Waals surface area contributed by atoms with Crippen molar-refractivity contribution >= 4 is 23.3 Å². The molecule has 0 aromatic carbocycles. The number of nitrogens with zero attached hydrogens (tertiary/aromatic N) is 2. The van der Waals surface area contributed by atoms with Gasteiger partial charge in [0.05, 0.1) is 5.02 Å². The van der Waals surface area contributed by atoms with Crippen LogP contribution in [0, 0.1) is 5.92 Å². The van der Waals surface area contributed by atoms with Crippen LogP contribution in [0.2, 0.25) is 5.02 Å². The van der Waals surface area contributed by atoms with Gasteiger partial charge in [-0.25, -0.2) is 4.98 Å². The second kappa shape index (κ2) is 5.14. The van der Waals surface area contributed by atoms with Crippen LogP contribution in [0.5, 0.6) is 0 Å². The normalized spacial score (nSPS) is 23.2. The summed E-state index contributed by atoms with van der Waals surface area (Å²) in [6.07, 6.45) is 1.04. The SMILES string of the molecule is CNc1ccc(Cl)c(C(=O)N2CC(C)CC2C)n1. The van der Waals surface area contributed by atoms with E-state index in [4.69, 9.17) is 11.6 Å². The summed E-state index contributed by atoms with van der Waals surface area (Å²) < 4.78 is 0. The third kappa shape index (κ3) is 2.43. The Kier molecular flexibility index (Phi) is 3.76.